The lowest BCUT2D eigenvalue weighted by atomic mass is 9.99. The number of nitrogens with one attached hydrogen (secondary N) is 1. The molecule has 41 heavy (non-hydrogen) atoms. The quantitative estimate of drug-likeness (QED) is 0.303. The van der Waals surface area contributed by atoms with Gasteiger partial charge in [-0.1, -0.05) is 18.2 Å². The van der Waals surface area contributed by atoms with E-state index in [1.807, 2.05) is 39.1 Å². The maximum atomic E-state index is 6.50. The summed E-state index contributed by atoms with van der Waals surface area (Å²) in [6.07, 6.45) is 2.55. The first kappa shape index (κ1) is 27.3. The van der Waals surface area contributed by atoms with Gasteiger partial charge in [0.2, 0.25) is 5.95 Å². The molecule has 4 aromatic rings. The zero-order chi connectivity index (χ0) is 28.9. The van der Waals surface area contributed by atoms with Crippen molar-refractivity contribution in [3.05, 3.63) is 54.4 Å². The van der Waals surface area contributed by atoms with Crippen molar-refractivity contribution in [2.45, 2.75) is 44.8 Å². The highest BCUT2D eigenvalue weighted by atomic mass is 16.8. The van der Waals surface area contributed by atoms with Crippen molar-refractivity contribution in [2.75, 3.05) is 57.3 Å². The van der Waals surface area contributed by atoms with Crippen LogP contribution < -0.4 is 20.7 Å². The van der Waals surface area contributed by atoms with Crippen molar-refractivity contribution in [2.24, 2.45) is 0 Å². The molecule has 0 amide bonds. The first-order valence-electron chi connectivity index (χ1n) is 14.0. The van der Waals surface area contributed by atoms with Gasteiger partial charge in [-0.25, -0.2) is 9.97 Å². The Morgan fingerprint density at radius 3 is 2.66 bits per heavy atom. The molecule has 2 aromatic heterocycles. The first-order chi connectivity index (χ1) is 19.6. The van der Waals surface area contributed by atoms with Crippen molar-refractivity contribution < 1.29 is 14.2 Å². The average molecular weight is 558 g/mol. The van der Waals surface area contributed by atoms with Gasteiger partial charge < -0.3 is 39.6 Å². The summed E-state index contributed by atoms with van der Waals surface area (Å²) in [7, 11) is 7.80. The Labute approximate surface area is 241 Å². The van der Waals surface area contributed by atoms with Crippen LogP contribution in [-0.2, 0) is 22.4 Å². The van der Waals surface area contributed by atoms with E-state index < -0.39 is 5.79 Å². The Bertz CT molecular complexity index is 1580. The number of benzene rings is 2. The largest absolute Gasteiger partial charge is 0.494 e. The summed E-state index contributed by atoms with van der Waals surface area (Å²) in [5.74, 6) is 0.547. The third-order valence-corrected chi connectivity index (χ3v) is 7.92. The molecule has 216 valence electrons. The van der Waals surface area contributed by atoms with Gasteiger partial charge in [-0.3, -0.25) is 0 Å². The number of anilines is 4. The molecule has 1 saturated heterocycles. The van der Waals surface area contributed by atoms with E-state index in [2.05, 4.69) is 63.0 Å². The van der Waals surface area contributed by atoms with E-state index in [1.165, 1.54) is 11.2 Å². The van der Waals surface area contributed by atoms with Crippen LogP contribution >= 0.6 is 0 Å². The highest BCUT2D eigenvalue weighted by Gasteiger charge is 2.45. The highest BCUT2D eigenvalue weighted by molar-refractivity contribution is 5.97. The van der Waals surface area contributed by atoms with E-state index in [0.717, 1.165) is 48.4 Å². The van der Waals surface area contributed by atoms with Gasteiger partial charge in [-0.15, -0.1) is 0 Å². The Morgan fingerprint density at radius 2 is 1.88 bits per heavy atom. The van der Waals surface area contributed by atoms with E-state index in [-0.39, 0.29) is 12.2 Å². The topological polar surface area (TPSA) is 103 Å². The van der Waals surface area contributed by atoms with Crippen LogP contribution in [0.1, 0.15) is 19.5 Å². The molecule has 3 N–H and O–H groups in total. The van der Waals surface area contributed by atoms with Crippen LogP contribution in [0.25, 0.3) is 22.2 Å². The predicted molar refractivity (Wildman–Crippen MR) is 163 cm³/mol. The van der Waals surface area contributed by atoms with Gasteiger partial charge in [0.05, 0.1) is 42.5 Å². The van der Waals surface area contributed by atoms with E-state index in [0.29, 0.717) is 23.1 Å². The number of para-hydroxylation sites is 1. The molecule has 10 heteroatoms. The average Bonchev–Trinajstić information content (AvgIpc) is 3.42. The van der Waals surface area contributed by atoms with Crippen molar-refractivity contribution in [1.82, 2.24) is 19.4 Å². The van der Waals surface area contributed by atoms with Crippen LogP contribution in [0, 0.1) is 0 Å². The summed E-state index contributed by atoms with van der Waals surface area (Å²) in [4.78, 5) is 13.8. The van der Waals surface area contributed by atoms with Gasteiger partial charge in [0.15, 0.2) is 5.79 Å². The summed E-state index contributed by atoms with van der Waals surface area (Å²) in [6.45, 7) is 6.46. The van der Waals surface area contributed by atoms with Crippen LogP contribution in [0.4, 0.5) is 23.0 Å². The molecule has 2 unspecified atom stereocenters. The molecule has 0 aliphatic carbocycles. The van der Waals surface area contributed by atoms with Crippen LogP contribution in [-0.4, -0.2) is 78.8 Å². The van der Waals surface area contributed by atoms with Crippen molar-refractivity contribution in [3.8, 4) is 17.0 Å². The maximum Gasteiger partial charge on any atom is 0.227 e. The molecule has 0 radical (unpaired) electrons. The van der Waals surface area contributed by atoms with Gasteiger partial charge in [0.1, 0.15) is 11.9 Å². The molecular weight excluding hydrogens is 518 g/mol. The van der Waals surface area contributed by atoms with Gasteiger partial charge >= 0.3 is 0 Å². The number of methoxy groups -OCH3 is 1. The van der Waals surface area contributed by atoms with Crippen LogP contribution in [0.2, 0.25) is 0 Å². The molecular formula is C31H39N7O3. The first-order valence-corrected chi connectivity index (χ1v) is 14.0. The Balaban J connectivity index is 1.34. The molecule has 0 bridgehead atoms. The van der Waals surface area contributed by atoms with Crippen LogP contribution in [0.5, 0.6) is 5.75 Å². The fourth-order valence-corrected chi connectivity index (χ4v) is 6.00. The Hall–Kier alpha value is -3.86. The fourth-order valence-electron chi connectivity index (χ4n) is 6.00. The third kappa shape index (κ3) is 5.18. The number of nitrogens with two attached hydrogens (primary N) is 1. The number of nitrogen functional groups attached to an aromatic ring is 1. The summed E-state index contributed by atoms with van der Waals surface area (Å²) >= 11 is 0. The fraction of sp³-hybridized carbons (Fsp3) is 0.419. The summed E-state index contributed by atoms with van der Waals surface area (Å²) in [5, 5.41) is 4.50. The van der Waals surface area contributed by atoms with E-state index in [1.54, 1.807) is 13.3 Å². The number of nitrogens with zero attached hydrogens (tertiary/aromatic N) is 5. The van der Waals surface area contributed by atoms with Crippen LogP contribution in [0.3, 0.4) is 0 Å². The smallest absolute Gasteiger partial charge is 0.227 e. The minimum absolute atomic E-state index is 0.00148. The number of hydrogen-bond donors (Lipinski definition) is 2. The molecule has 4 heterocycles. The number of aromatic nitrogens is 3. The molecule has 6 rings (SSSR count). The summed E-state index contributed by atoms with van der Waals surface area (Å²) < 4.78 is 20.6. The van der Waals surface area contributed by atoms with Crippen molar-refractivity contribution >= 4 is 33.9 Å². The Kier molecular flexibility index (Phi) is 7.01. The third-order valence-electron chi connectivity index (χ3n) is 7.92. The van der Waals surface area contributed by atoms with Crippen molar-refractivity contribution in [1.29, 1.82) is 0 Å². The number of fused-ring (bicyclic) bond motifs is 4. The summed E-state index contributed by atoms with van der Waals surface area (Å²) in [5.41, 5.74) is 13.1. The molecule has 0 spiro atoms. The monoisotopic (exact) mass is 557 g/mol. The van der Waals surface area contributed by atoms with E-state index in [4.69, 9.17) is 24.9 Å². The zero-order valence-electron chi connectivity index (χ0n) is 24.6. The number of ether oxygens (including phenoxy) is 3. The van der Waals surface area contributed by atoms with Crippen LogP contribution in [0.15, 0.2) is 48.7 Å². The second-order valence-electron chi connectivity index (χ2n) is 11.6. The normalized spacial score (nSPS) is 19.3. The van der Waals surface area contributed by atoms with Gasteiger partial charge in [0, 0.05) is 61.0 Å². The molecule has 2 aliphatic heterocycles. The number of likely N-dealkylation sites (N-methyl/N-ethyl adjacent to an activating group) is 2. The molecule has 10 nitrogen and oxygen atoms in total. The van der Waals surface area contributed by atoms with Gasteiger partial charge in [-0.05, 0) is 46.1 Å². The predicted octanol–water partition coefficient (Wildman–Crippen LogP) is 4.51. The minimum atomic E-state index is -0.584. The van der Waals surface area contributed by atoms with Gasteiger partial charge in [-0.2, -0.15) is 0 Å². The maximum absolute atomic E-state index is 6.50. The molecule has 2 aromatic carbocycles. The number of hydrogen-bond acceptors (Lipinski definition) is 9. The molecule has 0 saturated carbocycles. The van der Waals surface area contributed by atoms with Crippen molar-refractivity contribution in [3.63, 3.8) is 0 Å². The van der Waals surface area contributed by atoms with Gasteiger partial charge in [0.25, 0.3) is 0 Å². The second kappa shape index (κ2) is 10.5. The molecule has 2 aliphatic rings. The highest BCUT2D eigenvalue weighted by Crippen LogP contribution is 2.42. The second-order valence-corrected chi connectivity index (χ2v) is 11.6. The van der Waals surface area contributed by atoms with E-state index >= 15 is 0 Å². The zero-order valence-corrected chi connectivity index (χ0v) is 24.6. The molecule has 2 atom stereocenters. The number of rotatable bonds is 8. The lowest BCUT2D eigenvalue weighted by molar-refractivity contribution is -0.145. The SMILES string of the molecule is COc1cc(N(C)CCN(C)C)c(N)cc1Nc1nccc(-c2c3n(c4ccccc24)CC2OC(C)(C)OC2C3)n1. The lowest BCUT2D eigenvalue weighted by Crippen LogP contribution is -2.35. The standard InChI is InChI=1S/C31H39N7O3/c1-31(2)40-27-17-25-29(19-9-7-8-10-23(19)38(25)18-28(27)41-31)21-11-12-33-30(34-21)35-22-15-20(32)24(16-26(22)39-6)37(5)14-13-36(3)4/h7-12,15-16,27-28H,13-14,17-18,32H2,1-6H3,(H,33,34,35). The lowest BCUT2D eigenvalue weighted by Gasteiger charge is -2.26. The molecule has 1 fully saturated rings. The Morgan fingerprint density at radius 1 is 1.10 bits per heavy atom. The minimum Gasteiger partial charge on any atom is -0.494 e. The summed E-state index contributed by atoms with van der Waals surface area (Å²) in [6, 6.07) is 14.3. The van der Waals surface area contributed by atoms with E-state index in [9.17, 15) is 0 Å².